The number of nitrogen functional groups attached to an aromatic ring is 1. The number of carbonyl (C=O) groups is 3. The Balaban J connectivity index is 1.63. The molecular weight excluding hydrogens is 398 g/mol. The number of ether oxygens (including phenoxy) is 2. The molecule has 0 radical (unpaired) electrons. The van der Waals surface area contributed by atoms with E-state index < -0.39 is 18.5 Å². The molecule has 0 atom stereocenters. The summed E-state index contributed by atoms with van der Waals surface area (Å²) in [7, 11) is 1.37. The van der Waals surface area contributed by atoms with E-state index in [0.717, 1.165) is 12.8 Å². The molecule has 0 aliphatic heterocycles. The van der Waals surface area contributed by atoms with Crippen LogP contribution in [0.25, 0.3) is 0 Å². The molecule has 29 heavy (non-hydrogen) atoms. The molecule has 4 N–H and O–H groups in total. The smallest absolute Gasteiger partial charge is 0.342 e. The standard InChI is InChI=1S/C20H20ClN3O5/c1-28-17-9-15(22)14(21)8-13(17)20(27)29-10-18(25)24-16-5-3-2-4-12(16)19(26)23-11-6-7-11/h2-5,8-9,11H,6-7,10,22H2,1H3,(H,23,26)(H,24,25). The first kappa shape index (κ1) is 20.5. The number of para-hydroxylation sites is 1. The third-order valence-corrected chi connectivity index (χ3v) is 4.56. The van der Waals surface area contributed by atoms with E-state index >= 15 is 0 Å². The van der Waals surface area contributed by atoms with Crippen molar-refractivity contribution in [3.63, 3.8) is 0 Å². The first-order valence-electron chi connectivity index (χ1n) is 8.89. The minimum Gasteiger partial charge on any atom is -0.496 e. The van der Waals surface area contributed by atoms with Crippen molar-refractivity contribution in [2.24, 2.45) is 0 Å². The van der Waals surface area contributed by atoms with Crippen LogP contribution in [0.4, 0.5) is 11.4 Å². The Bertz CT molecular complexity index is 959. The monoisotopic (exact) mass is 417 g/mol. The highest BCUT2D eigenvalue weighted by Crippen LogP contribution is 2.29. The third kappa shape index (κ3) is 5.17. The van der Waals surface area contributed by atoms with Crippen LogP contribution < -0.4 is 21.1 Å². The summed E-state index contributed by atoms with van der Waals surface area (Å²) in [4.78, 5) is 36.8. The fourth-order valence-corrected chi connectivity index (χ4v) is 2.74. The number of nitrogens with two attached hydrogens (primary N) is 1. The summed E-state index contributed by atoms with van der Waals surface area (Å²) < 4.78 is 10.1. The molecule has 0 aromatic heterocycles. The highest BCUT2D eigenvalue weighted by Gasteiger charge is 2.25. The highest BCUT2D eigenvalue weighted by atomic mass is 35.5. The maximum atomic E-state index is 12.3. The first-order valence-corrected chi connectivity index (χ1v) is 9.26. The minimum absolute atomic E-state index is 0.0451. The molecule has 1 saturated carbocycles. The number of rotatable bonds is 7. The van der Waals surface area contributed by atoms with E-state index in [4.69, 9.17) is 26.8 Å². The predicted octanol–water partition coefficient (Wildman–Crippen LogP) is 2.62. The summed E-state index contributed by atoms with van der Waals surface area (Å²) in [6, 6.07) is 9.51. The number of halogens is 1. The zero-order valence-corrected chi connectivity index (χ0v) is 16.4. The molecule has 2 aromatic carbocycles. The van der Waals surface area contributed by atoms with Crippen LogP contribution in [0.1, 0.15) is 33.6 Å². The van der Waals surface area contributed by atoms with Gasteiger partial charge in [-0.1, -0.05) is 23.7 Å². The van der Waals surface area contributed by atoms with E-state index in [2.05, 4.69) is 10.6 Å². The molecule has 3 rings (SSSR count). The number of carbonyl (C=O) groups excluding carboxylic acids is 3. The molecule has 1 aliphatic rings. The van der Waals surface area contributed by atoms with Gasteiger partial charge in [0, 0.05) is 12.1 Å². The van der Waals surface area contributed by atoms with Crippen molar-refractivity contribution < 1.29 is 23.9 Å². The Morgan fingerprint density at radius 2 is 1.90 bits per heavy atom. The van der Waals surface area contributed by atoms with Crippen LogP contribution in [0.2, 0.25) is 5.02 Å². The van der Waals surface area contributed by atoms with Gasteiger partial charge in [0.15, 0.2) is 6.61 Å². The van der Waals surface area contributed by atoms with Crippen molar-refractivity contribution in [3.05, 3.63) is 52.5 Å². The Morgan fingerprint density at radius 3 is 2.59 bits per heavy atom. The summed E-state index contributed by atoms with van der Waals surface area (Å²) in [5.74, 6) is -1.47. The lowest BCUT2D eigenvalue weighted by atomic mass is 10.1. The van der Waals surface area contributed by atoms with Gasteiger partial charge in [0.25, 0.3) is 11.8 Å². The second-order valence-electron chi connectivity index (χ2n) is 6.49. The predicted molar refractivity (Wildman–Crippen MR) is 108 cm³/mol. The van der Waals surface area contributed by atoms with Gasteiger partial charge in [-0.05, 0) is 31.0 Å². The summed E-state index contributed by atoms with van der Waals surface area (Å²) in [6.45, 7) is -0.553. The van der Waals surface area contributed by atoms with E-state index in [0.29, 0.717) is 11.3 Å². The molecule has 0 spiro atoms. The summed E-state index contributed by atoms with van der Waals surface area (Å²) in [5, 5.41) is 5.62. The molecule has 0 bridgehead atoms. The largest absolute Gasteiger partial charge is 0.496 e. The van der Waals surface area contributed by atoms with Crippen molar-refractivity contribution in [2.75, 3.05) is 24.8 Å². The molecule has 8 nitrogen and oxygen atoms in total. The van der Waals surface area contributed by atoms with Gasteiger partial charge in [0.2, 0.25) is 0 Å². The van der Waals surface area contributed by atoms with Gasteiger partial charge in [-0.2, -0.15) is 0 Å². The van der Waals surface area contributed by atoms with E-state index in [9.17, 15) is 14.4 Å². The van der Waals surface area contributed by atoms with Gasteiger partial charge < -0.3 is 25.8 Å². The van der Waals surface area contributed by atoms with Crippen molar-refractivity contribution in [3.8, 4) is 5.75 Å². The molecule has 2 aromatic rings. The average Bonchev–Trinajstić information content (AvgIpc) is 3.52. The Hall–Kier alpha value is -3.26. The summed E-state index contributed by atoms with van der Waals surface area (Å²) >= 11 is 5.94. The molecule has 0 unspecified atom stereocenters. The lowest BCUT2D eigenvalue weighted by molar-refractivity contribution is -0.119. The summed E-state index contributed by atoms with van der Waals surface area (Å²) in [5.41, 5.74) is 6.65. The number of esters is 1. The van der Waals surface area contributed by atoms with Gasteiger partial charge in [0.1, 0.15) is 11.3 Å². The maximum Gasteiger partial charge on any atom is 0.342 e. The zero-order chi connectivity index (χ0) is 21.0. The highest BCUT2D eigenvalue weighted by molar-refractivity contribution is 6.33. The lowest BCUT2D eigenvalue weighted by Gasteiger charge is -2.12. The number of hydrogen-bond donors (Lipinski definition) is 3. The fraction of sp³-hybridized carbons (Fsp3) is 0.250. The van der Waals surface area contributed by atoms with Gasteiger partial charge in [0.05, 0.1) is 29.1 Å². The Morgan fingerprint density at radius 1 is 1.17 bits per heavy atom. The number of benzene rings is 2. The quantitative estimate of drug-likeness (QED) is 0.470. The van der Waals surface area contributed by atoms with Crippen LogP contribution in [0.3, 0.4) is 0 Å². The lowest BCUT2D eigenvalue weighted by Crippen LogP contribution is -2.28. The minimum atomic E-state index is -0.793. The van der Waals surface area contributed by atoms with Crippen molar-refractivity contribution in [2.45, 2.75) is 18.9 Å². The molecule has 1 fully saturated rings. The second kappa shape index (κ2) is 8.83. The fourth-order valence-electron chi connectivity index (χ4n) is 2.57. The van der Waals surface area contributed by atoms with E-state index in [1.807, 2.05) is 0 Å². The van der Waals surface area contributed by atoms with Gasteiger partial charge in [-0.3, -0.25) is 9.59 Å². The van der Waals surface area contributed by atoms with Crippen molar-refractivity contribution >= 4 is 40.8 Å². The van der Waals surface area contributed by atoms with E-state index in [1.54, 1.807) is 24.3 Å². The van der Waals surface area contributed by atoms with Gasteiger partial charge in [-0.25, -0.2) is 4.79 Å². The molecular formula is C20H20ClN3O5. The molecule has 9 heteroatoms. The Labute approximate surface area is 172 Å². The zero-order valence-electron chi connectivity index (χ0n) is 15.7. The van der Waals surface area contributed by atoms with E-state index in [1.165, 1.54) is 19.2 Å². The maximum absolute atomic E-state index is 12.3. The molecule has 0 saturated heterocycles. The SMILES string of the molecule is COc1cc(N)c(Cl)cc1C(=O)OCC(=O)Nc1ccccc1C(=O)NC1CC1. The number of amides is 2. The molecule has 1 aliphatic carbocycles. The first-order chi connectivity index (χ1) is 13.9. The topological polar surface area (TPSA) is 120 Å². The number of anilines is 2. The summed E-state index contributed by atoms with van der Waals surface area (Å²) in [6.07, 6.45) is 1.91. The van der Waals surface area contributed by atoms with Crippen molar-refractivity contribution in [1.82, 2.24) is 5.32 Å². The van der Waals surface area contributed by atoms with Crippen LogP contribution in [-0.4, -0.2) is 37.5 Å². The van der Waals surface area contributed by atoms with Gasteiger partial charge >= 0.3 is 5.97 Å². The second-order valence-corrected chi connectivity index (χ2v) is 6.90. The molecule has 0 heterocycles. The van der Waals surface area contributed by atoms with Crippen molar-refractivity contribution in [1.29, 1.82) is 0 Å². The van der Waals surface area contributed by atoms with Gasteiger partial charge in [-0.15, -0.1) is 0 Å². The number of nitrogens with one attached hydrogen (secondary N) is 2. The number of methoxy groups -OCH3 is 1. The van der Waals surface area contributed by atoms with Crippen LogP contribution >= 0.6 is 11.6 Å². The van der Waals surface area contributed by atoms with Crippen LogP contribution in [0.5, 0.6) is 5.75 Å². The Kier molecular flexibility index (Phi) is 6.23. The normalized spacial score (nSPS) is 12.8. The molecule has 152 valence electrons. The average molecular weight is 418 g/mol. The van der Waals surface area contributed by atoms with Crippen LogP contribution in [-0.2, 0) is 9.53 Å². The van der Waals surface area contributed by atoms with E-state index in [-0.39, 0.29) is 34.0 Å². The van der Waals surface area contributed by atoms with Crippen LogP contribution in [0, 0.1) is 0 Å². The van der Waals surface area contributed by atoms with Crippen LogP contribution in [0.15, 0.2) is 36.4 Å². The molecule has 2 amide bonds. The number of hydrogen-bond acceptors (Lipinski definition) is 6. The third-order valence-electron chi connectivity index (χ3n) is 4.23.